The second-order valence-electron chi connectivity index (χ2n) is 16.3. The molecule has 0 radical (unpaired) electrons. The van der Waals surface area contributed by atoms with Crippen molar-refractivity contribution in [3.8, 4) is 5.75 Å². The molecular weight excluding hydrogens is 673 g/mol. The molecule has 3 fully saturated rings. The molecule has 5 heterocycles. The summed E-state index contributed by atoms with van der Waals surface area (Å²) < 4.78 is 42.8. The van der Waals surface area contributed by atoms with Crippen LogP contribution in [-0.4, -0.2) is 108 Å². The van der Waals surface area contributed by atoms with E-state index >= 15 is 0 Å². The number of anilines is 3. The molecule has 6 rings (SSSR count). The van der Waals surface area contributed by atoms with Gasteiger partial charge in [-0.3, -0.25) is 0 Å². The fourth-order valence-corrected chi connectivity index (χ4v) is 8.81. The average molecular weight is 727 g/mol. The van der Waals surface area contributed by atoms with E-state index in [2.05, 4.69) is 27.0 Å². The number of aryl methyl sites for hydroxylation is 1. The molecule has 4 aliphatic rings. The lowest BCUT2D eigenvalue weighted by molar-refractivity contribution is 0.0127. The average Bonchev–Trinajstić information content (AvgIpc) is 3.17. The molecule has 0 unspecified atom stereocenters. The third-order valence-electron chi connectivity index (χ3n) is 10.1. The van der Waals surface area contributed by atoms with Crippen LogP contribution in [-0.2, 0) is 19.3 Å². The van der Waals surface area contributed by atoms with E-state index in [0.717, 1.165) is 49.9 Å². The minimum absolute atomic E-state index is 0.0313. The van der Waals surface area contributed by atoms with E-state index in [9.17, 15) is 18.0 Å². The highest BCUT2D eigenvalue weighted by molar-refractivity contribution is 7.91. The number of ether oxygens (including phenoxy) is 3. The van der Waals surface area contributed by atoms with Crippen LogP contribution in [0.25, 0.3) is 0 Å². The van der Waals surface area contributed by atoms with Gasteiger partial charge in [-0.25, -0.2) is 32.9 Å². The number of rotatable bonds is 3. The number of nitrogens with zero attached hydrogens (tertiary/aromatic N) is 6. The van der Waals surface area contributed by atoms with Gasteiger partial charge < -0.3 is 28.9 Å². The Balaban J connectivity index is 1.25. The molecular formula is C37H54N6O7S. The van der Waals surface area contributed by atoms with Gasteiger partial charge in [0.2, 0.25) is 0 Å². The fourth-order valence-electron chi connectivity index (χ4n) is 7.61. The molecule has 0 aliphatic carbocycles. The van der Waals surface area contributed by atoms with Gasteiger partial charge in [0.25, 0.3) is 0 Å². The molecule has 280 valence electrons. The number of amides is 2. The van der Waals surface area contributed by atoms with Gasteiger partial charge in [0, 0.05) is 32.2 Å². The van der Waals surface area contributed by atoms with Crippen molar-refractivity contribution in [2.45, 2.75) is 110 Å². The second-order valence-corrected chi connectivity index (χ2v) is 18.6. The van der Waals surface area contributed by atoms with Crippen molar-refractivity contribution in [2.24, 2.45) is 0 Å². The molecule has 2 aromatic rings. The van der Waals surface area contributed by atoms with E-state index in [1.807, 2.05) is 65.2 Å². The van der Waals surface area contributed by atoms with Crippen LogP contribution in [0.2, 0.25) is 0 Å². The summed E-state index contributed by atoms with van der Waals surface area (Å²) in [5.41, 5.74) is 1.97. The molecule has 2 amide bonds. The van der Waals surface area contributed by atoms with Crippen molar-refractivity contribution in [3.63, 3.8) is 0 Å². The van der Waals surface area contributed by atoms with Crippen molar-refractivity contribution in [2.75, 3.05) is 60.6 Å². The summed E-state index contributed by atoms with van der Waals surface area (Å²) >= 11 is 0. The van der Waals surface area contributed by atoms with Crippen molar-refractivity contribution in [3.05, 3.63) is 35.2 Å². The van der Waals surface area contributed by atoms with E-state index in [0.29, 0.717) is 60.9 Å². The Morgan fingerprint density at radius 2 is 1.41 bits per heavy atom. The van der Waals surface area contributed by atoms with E-state index in [-0.39, 0.29) is 23.5 Å². The minimum Gasteiger partial charge on any atom is -0.483 e. The SMILES string of the molecule is Cc1cc(C2CCN(C3CCN(C(=O)OC(C)(C)C)CC3)CC2)cc2c1O[C@H](C)c1c(N3CCS(=O)(=O)CC3)ncnc1N2C(=O)OC(C)(C)C. The maximum absolute atomic E-state index is 14.2. The molecule has 0 saturated carbocycles. The summed E-state index contributed by atoms with van der Waals surface area (Å²) in [6, 6.07) is 4.67. The molecule has 51 heavy (non-hydrogen) atoms. The van der Waals surface area contributed by atoms with Crippen LogP contribution in [0.3, 0.4) is 0 Å². The number of carbonyl (C=O) groups excluding carboxylic acids is 2. The molecule has 0 bridgehead atoms. The van der Waals surface area contributed by atoms with Crippen LogP contribution in [0.5, 0.6) is 5.75 Å². The van der Waals surface area contributed by atoms with Gasteiger partial charge in [-0.1, -0.05) is 6.07 Å². The molecule has 13 nitrogen and oxygen atoms in total. The van der Waals surface area contributed by atoms with Crippen molar-refractivity contribution >= 4 is 39.3 Å². The van der Waals surface area contributed by atoms with Gasteiger partial charge in [-0.15, -0.1) is 0 Å². The Hall–Kier alpha value is -3.65. The smallest absolute Gasteiger partial charge is 0.420 e. The predicted octanol–water partition coefficient (Wildman–Crippen LogP) is 6.13. The third-order valence-corrected chi connectivity index (χ3v) is 11.7. The van der Waals surface area contributed by atoms with Crippen LogP contribution in [0.15, 0.2) is 18.5 Å². The number of hydrogen-bond acceptors (Lipinski definition) is 11. The normalized spacial score (nSPS) is 22.0. The molecule has 0 N–H and O–H groups in total. The molecule has 4 aliphatic heterocycles. The number of aromatic nitrogens is 2. The molecule has 1 aromatic heterocycles. The lowest BCUT2D eigenvalue weighted by atomic mass is 9.86. The first-order chi connectivity index (χ1) is 23.9. The molecule has 1 atom stereocenters. The quantitative estimate of drug-likeness (QED) is 0.362. The standard InChI is InChI=1S/C37H54N6O7S/c1-24-21-27(26-9-13-40(14-10-26)28-11-15-42(16-12-28)34(44)49-36(3,4)5)22-29-31(24)48-25(2)30-32(41-17-19-51(46,47)20-18-41)38-23-39-33(30)43(29)35(45)50-37(6,7)8/h21-23,25-26,28H,9-20H2,1-8H3/t25-/m1/s1. The maximum atomic E-state index is 14.2. The lowest BCUT2D eigenvalue weighted by Gasteiger charge is -2.42. The molecule has 1 aromatic carbocycles. The monoisotopic (exact) mass is 726 g/mol. The van der Waals surface area contributed by atoms with Crippen LogP contribution < -0.4 is 14.5 Å². The Labute approximate surface area is 302 Å². The zero-order valence-electron chi connectivity index (χ0n) is 31.4. The Morgan fingerprint density at radius 3 is 2.02 bits per heavy atom. The van der Waals surface area contributed by atoms with Crippen LogP contribution in [0.4, 0.5) is 26.9 Å². The summed E-state index contributed by atoms with van der Waals surface area (Å²) in [4.78, 5) is 43.9. The van der Waals surface area contributed by atoms with Gasteiger partial charge in [-0.05, 0) is 117 Å². The maximum Gasteiger partial charge on any atom is 0.420 e. The molecule has 14 heteroatoms. The first kappa shape index (κ1) is 37.1. The van der Waals surface area contributed by atoms with E-state index in [4.69, 9.17) is 14.2 Å². The highest BCUT2D eigenvalue weighted by Gasteiger charge is 2.39. The van der Waals surface area contributed by atoms with Crippen molar-refractivity contribution < 1.29 is 32.2 Å². The summed E-state index contributed by atoms with van der Waals surface area (Å²) in [6.45, 7) is 19.0. The second kappa shape index (κ2) is 14.1. The Kier molecular flexibility index (Phi) is 10.2. The van der Waals surface area contributed by atoms with E-state index < -0.39 is 33.2 Å². The van der Waals surface area contributed by atoms with Crippen molar-refractivity contribution in [1.82, 2.24) is 19.8 Å². The van der Waals surface area contributed by atoms with Crippen LogP contribution >= 0.6 is 0 Å². The molecule has 3 saturated heterocycles. The Morgan fingerprint density at radius 1 is 0.824 bits per heavy atom. The van der Waals surface area contributed by atoms with Gasteiger partial charge >= 0.3 is 12.2 Å². The largest absolute Gasteiger partial charge is 0.483 e. The number of carbonyl (C=O) groups is 2. The van der Waals surface area contributed by atoms with E-state index in [1.165, 1.54) is 11.2 Å². The number of sulfone groups is 1. The first-order valence-corrected chi connectivity index (χ1v) is 20.1. The summed E-state index contributed by atoms with van der Waals surface area (Å²) in [5, 5.41) is 0. The summed E-state index contributed by atoms with van der Waals surface area (Å²) in [6.07, 6.45) is 3.88. The number of hydrogen-bond donors (Lipinski definition) is 0. The zero-order valence-corrected chi connectivity index (χ0v) is 32.2. The van der Waals surface area contributed by atoms with Crippen LogP contribution in [0.1, 0.15) is 103 Å². The number of fused-ring (bicyclic) bond motifs is 2. The van der Waals surface area contributed by atoms with Gasteiger partial charge in [-0.2, -0.15) is 0 Å². The zero-order chi connectivity index (χ0) is 36.9. The summed E-state index contributed by atoms with van der Waals surface area (Å²) in [7, 11) is -3.12. The first-order valence-electron chi connectivity index (χ1n) is 18.3. The third kappa shape index (κ3) is 8.37. The number of piperidine rings is 2. The van der Waals surface area contributed by atoms with Crippen molar-refractivity contribution in [1.29, 1.82) is 0 Å². The van der Waals surface area contributed by atoms with Gasteiger partial charge in [0.1, 0.15) is 35.2 Å². The van der Waals surface area contributed by atoms with Crippen LogP contribution in [0, 0.1) is 6.92 Å². The molecule has 0 spiro atoms. The highest BCUT2D eigenvalue weighted by Crippen LogP contribution is 2.49. The van der Waals surface area contributed by atoms with E-state index in [1.54, 1.807) is 0 Å². The highest BCUT2D eigenvalue weighted by atomic mass is 32.2. The lowest BCUT2D eigenvalue weighted by Crippen LogP contribution is -2.49. The topological polar surface area (TPSA) is 135 Å². The minimum atomic E-state index is -3.12. The fraction of sp³-hybridized carbons (Fsp3) is 0.676. The number of benzene rings is 1. The van der Waals surface area contributed by atoms with Gasteiger partial charge in [0.15, 0.2) is 15.7 Å². The summed E-state index contributed by atoms with van der Waals surface area (Å²) in [5.74, 6) is 1.86. The number of likely N-dealkylation sites (tertiary alicyclic amines) is 2. The predicted molar refractivity (Wildman–Crippen MR) is 196 cm³/mol. The van der Waals surface area contributed by atoms with Gasteiger partial charge in [0.05, 0.1) is 22.8 Å². The Bertz CT molecular complexity index is 1720.